The van der Waals surface area contributed by atoms with Crippen LogP contribution in [0.5, 0.6) is 0 Å². The summed E-state index contributed by atoms with van der Waals surface area (Å²) in [6, 6.07) is 17.8. The Kier molecular flexibility index (Phi) is 7.29. The van der Waals surface area contributed by atoms with Crippen molar-refractivity contribution in [3.63, 3.8) is 0 Å². The van der Waals surface area contributed by atoms with E-state index in [1.165, 1.54) is 16.7 Å². The standard InChI is InChI=1S/C24H27NO3S/c1-17(2)28-15-7-14-25-23(26)21(20-12-10-18(3)11-13-20)22(24(25)27)29-16-19-8-5-4-6-9-19/h4-6,8-13,17H,7,14-16H2,1-3H3. The monoisotopic (exact) mass is 409 g/mol. The summed E-state index contributed by atoms with van der Waals surface area (Å²) in [4.78, 5) is 28.1. The molecule has 5 heteroatoms. The molecule has 0 atom stereocenters. The number of ether oxygens (including phenoxy) is 1. The Hall–Kier alpha value is -2.37. The zero-order valence-electron chi connectivity index (χ0n) is 17.2. The Morgan fingerprint density at radius 2 is 1.66 bits per heavy atom. The van der Waals surface area contributed by atoms with E-state index in [2.05, 4.69) is 0 Å². The van der Waals surface area contributed by atoms with Crippen molar-refractivity contribution in [2.24, 2.45) is 0 Å². The van der Waals surface area contributed by atoms with Gasteiger partial charge in [-0.3, -0.25) is 14.5 Å². The predicted octanol–water partition coefficient (Wildman–Crippen LogP) is 4.82. The molecule has 2 aromatic rings. The highest BCUT2D eigenvalue weighted by molar-refractivity contribution is 8.03. The van der Waals surface area contributed by atoms with Gasteiger partial charge in [0.05, 0.1) is 16.6 Å². The highest BCUT2D eigenvalue weighted by Gasteiger charge is 2.38. The Bertz CT molecular complexity index is 888. The summed E-state index contributed by atoms with van der Waals surface area (Å²) >= 11 is 1.44. The Morgan fingerprint density at radius 3 is 2.31 bits per heavy atom. The minimum Gasteiger partial charge on any atom is -0.379 e. The zero-order chi connectivity index (χ0) is 20.8. The fourth-order valence-electron chi connectivity index (χ4n) is 3.14. The molecule has 0 radical (unpaired) electrons. The summed E-state index contributed by atoms with van der Waals surface area (Å²) in [6.07, 6.45) is 0.770. The van der Waals surface area contributed by atoms with Crippen LogP contribution in [0.15, 0.2) is 59.5 Å². The minimum atomic E-state index is -0.209. The number of carbonyl (C=O) groups excluding carboxylic acids is 2. The molecular formula is C24H27NO3S. The molecule has 2 amide bonds. The van der Waals surface area contributed by atoms with Gasteiger partial charge in [-0.2, -0.15) is 0 Å². The van der Waals surface area contributed by atoms with Crippen molar-refractivity contribution in [3.8, 4) is 0 Å². The van der Waals surface area contributed by atoms with E-state index in [0.29, 0.717) is 35.8 Å². The molecule has 1 heterocycles. The van der Waals surface area contributed by atoms with Gasteiger partial charge in [0.2, 0.25) is 0 Å². The van der Waals surface area contributed by atoms with Gasteiger partial charge in [-0.1, -0.05) is 60.2 Å². The molecule has 0 saturated carbocycles. The van der Waals surface area contributed by atoms with E-state index in [4.69, 9.17) is 4.74 Å². The van der Waals surface area contributed by atoms with Gasteiger partial charge in [0.15, 0.2) is 0 Å². The SMILES string of the molecule is Cc1ccc(C2=C(SCc3ccccc3)C(=O)N(CCCOC(C)C)C2=O)cc1. The van der Waals surface area contributed by atoms with Gasteiger partial charge in [0.1, 0.15) is 0 Å². The topological polar surface area (TPSA) is 46.6 Å². The quantitative estimate of drug-likeness (QED) is 0.440. The second-order valence-corrected chi connectivity index (χ2v) is 8.37. The highest BCUT2D eigenvalue weighted by Crippen LogP contribution is 2.37. The summed E-state index contributed by atoms with van der Waals surface area (Å²) < 4.78 is 5.56. The van der Waals surface area contributed by atoms with Gasteiger partial charge >= 0.3 is 0 Å². The van der Waals surface area contributed by atoms with Crippen molar-refractivity contribution in [2.75, 3.05) is 13.2 Å². The van der Waals surface area contributed by atoms with Crippen LogP contribution in [0, 0.1) is 6.92 Å². The van der Waals surface area contributed by atoms with Crippen LogP contribution in [-0.4, -0.2) is 36.0 Å². The molecule has 2 aromatic carbocycles. The molecule has 0 saturated heterocycles. The third-order valence-electron chi connectivity index (χ3n) is 4.67. The first-order valence-electron chi connectivity index (χ1n) is 9.93. The van der Waals surface area contributed by atoms with E-state index in [-0.39, 0.29) is 17.9 Å². The molecule has 0 fully saturated rings. The second-order valence-electron chi connectivity index (χ2n) is 7.38. The zero-order valence-corrected chi connectivity index (χ0v) is 18.0. The molecule has 1 aliphatic heterocycles. The highest BCUT2D eigenvalue weighted by atomic mass is 32.2. The summed E-state index contributed by atoms with van der Waals surface area (Å²) in [5.74, 6) is 0.240. The molecule has 152 valence electrons. The predicted molar refractivity (Wildman–Crippen MR) is 118 cm³/mol. The fourth-order valence-corrected chi connectivity index (χ4v) is 4.22. The summed E-state index contributed by atoms with van der Waals surface area (Å²) in [7, 11) is 0. The first-order valence-corrected chi connectivity index (χ1v) is 10.9. The summed E-state index contributed by atoms with van der Waals surface area (Å²) in [5, 5.41) is 0. The van der Waals surface area contributed by atoms with Crippen LogP contribution in [0.2, 0.25) is 0 Å². The number of nitrogens with zero attached hydrogens (tertiary/aromatic N) is 1. The van der Waals surface area contributed by atoms with Crippen molar-refractivity contribution >= 4 is 29.1 Å². The van der Waals surface area contributed by atoms with Crippen LogP contribution >= 0.6 is 11.8 Å². The molecule has 29 heavy (non-hydrogen) atoms. The molecule has 0 unspecified atom stereocenters. The average Bonchev–Trinajstić information content (AvgIpc) is 2.94. The number of aryl methyl sites for hydroxylation is 1. The lowest BCUT2D eigenvalue weighted by Gasteiger charge is -2.15. The number of hydrogen-bond acceptors (Lipinski definition) is 4. The van der Waals surface area contributed by atoms with Gasteiger partial charge in [-0.05, 0) is 38.3 Å². The number of imide groups is 1. The maximum Gasteiger partial charge on any atom is 0.267 e. The van der Waals surface area contributed by atoms with Crippen molar-refractivity contribution in [1.82, 2.24) is 4.90 Å². The van der Waals surface area contributed by atoms with Crippen molar-refractivity contribution in [3.05, 3.63) is 76.2 Å². The molecule has 0 spiro atoms. The maximum absolute atomic E-state index is 13.1. The number of thioether (sulfide) groups is 1. The number of amides is 2. The molecule has 0 aliphatic carbocycles. The average molecular weight is 410 g/mol. The third kappa shape index (κ3) is 5.37. The number of carbonyl (C=O) groups is 2. The molecule has 0 aromatic heterocycles. The number of hydrogen-bond donors (Lipinski definition) is 0. The Balaban J connectivity index is 1.82. The molecule has 0 bridgehead atoms. The van der Waals surface area contributed by atoms with Crippen molar-refractivity contribution < 1.29 is 14.3 Å². The van der Waals surface area contributed by atoms with Crippen LogP contribution in [0.3, 0.4) is 0 Å². The van der Waals surface area contributed by atoms with Crippen LogP contribution in [0.25, 0.3) is 5.57 Å². The van der Waals surface area contributed by atoms with Crippen molar-refractivity contribution in [2.45, 2.75) is 39.0 Å². The van der Waals surface area contributed by atoms with Gasteiger partial charge in [-0.15, -0.1) is 11.8 Å². The molecule has 4 nitrogen and oxygen atoms in total. The minimum absolute atomic E-state index is 0.137. The summed E-state index contributed by atoms with van der Waals surface area (Å²) in [6.45, 7) is 6.85. The largest absolute Gasteiger partial charge is 0.379 e. The van der Waals surface area contributed by atoms with E-state index < -0.39 is 0 Å². The van der Waals surface area contributed by atoms with Gasteiger partial charge in [0.25, 0.3) is 11.8 Å². The Morgan fingerprint density at radius 1 is 0.966 bits per heavy atom. The first kappa shape index (κ1) is 21.3. The second kappa shape index (κ2) is 9.90. The van der Waals surface area contributed by atoms with Crippen LogP contribution in [-0.2, 0) is 20.1 Å². The van der Waals surface area contributed by atoms with Gasteiger partial charge in [-0.25, -0.2) is 0 Å². The molecule has 3 rings (SSSR count). The van der Waals surface area contributed by atoms with Crippen LogP contribution < -0.4 is 0 Å². The van der Waals surface area contributed by atoms with E-state index >= 15 is 0 Å². The van der Waals surface area contributed by atoms with E-state index in [0.717, 1.165) is 16.7 Å². The molecule has 0 N–H and O–H groups in total. The Labute approximate surface area is 176 Å². The normalized spacial score (nSPS) is 14.4. The lowest BCUT2D eigenvalue weighted by molar-refractivity contribution is -0.136. The smallest absolute Gasteiger partial charge is 0.267 e. The number of benzene rings is 2. The molecule has 1 aliphatic rings. The third-order valence-corrected chi connectivity index (χ3v) is 5.81. The van der Waals surface area contributed by atoms with Crippen molar-refractivity contribution in [1.29, 1.82) is 0 Å². The van der Waals surface area contributed by atoms with Crippen LogP contribution in [0.1, 0.15) is 37.0 Å². The first-order chi connectivity index (χ1) is 14.0. The fraction of sp³-hybridized carbons (Fsp3) is 0.333. The van der Waals surface area contributed by atoms with Gasteiger partial charge in [0, 0.05) is 18.9 Å². The lowest BCUT2D eigenvalue weighted by atomic mass is 10.0. The maximum atomic E-state index is 13.1. The lowest BCUT2D eigenvalue weighted by Crippen LogP contribution is -2.33. The molecular weight excluding hydrogens is 382 g/mol. The van der Waals surface area contributed by atoms with E-state index in [1.54, 1.807) is 0 Å². The number of rotatable bonds is 9. The van der Waals surface area contributed by atoms with E-state index in [9.17, 15) is 9.59 Å². The summed E-state index contributed by atoms with van der Waals surface area (Å²) in [5.41, 5.74) is 3.55. The van der Waals surface area contributed by atoms with Crippen LogP contribution in [0.4, 0.5) is 0 Å². The van der Waals surface area contributed by atoms with Gasteiger partial charge < -0.3 is 4.74 Å². The van der Waals surface area contributed by atoms with E-state index in [1.807, 2.05) is 75.4 Å².